The van der Waals surface area contributed by atoms with Crippen molar-refractivity contribution in [1.29, 1.82) is 0 Å². The molecular formula is C21H30F2N2O2. The lowest BCUT2D eigenvalue weighted by Gasteiger charge is -2.34. The van der Waals surface area contributed by atoms with Gasteiger partial charge in [-0.2, -0.15) is 0 Å². The van der Waals surface area contributed by atoms with Crippen LogP contribution in [0.4, 0.5) is 14.5 Å². The largest absolute Gasteiger partial charge is 0.342 e. The van der Waals surface area contributed by atoms with Crippen molar-refractivity contribution in [3.8, 4) is 0 Å². The van der Waals surface area contributed by atoms with Gasteiger partial charge in [0.15, 0.2) is 0 Å². The van der Waals surface area contributed by atoms with Crippen LogP contribution >= 0.6 is 0 Å². The van der Waals surface area contributed by atoms with Crippen LogP contribution < -0.4 is 5.32 Å². The summed E-state index contributed by atoms with van der Waals surface area (Å²) in [5.41, 5.74) is 1.45. The van der Waals surface area contributed by atoms with Crippen LogP contribution in [0.1, 0.15) is 58.4 Å². The maximum Gasteiger partial charge on any atom is 0.248 e. The number of carbonyl (C=O) groups is 2. The highest BCUT2D eigenvalue weighted by Crippen LogP contribution is 2.34. The van der Waals surface area contributed by atoms with Gasteiger partial charge in [0.2, 0.25) is 17.7 Å². The number of anilines is 1. The zero-order valence-corrected chi connectivity index (χ0v) is 16.6. The van der Waals surface area contributed by atoms with E-state index in [0.29, 0.717) is 24.9 Å². The summed E-state index contributed by atoms with van der Waals surface area (Å²) in [4.78, 5) is 26.0. The van der Waals surface area contributed by atoms with Crippen molar-refractivity contribution in [2.45, 2.75) is 71.3 Å². The van der Waals surface area contributed by atoms with Crippen LogP contribution in [-0.4, -0.2) is 35.7 Å². The molecule has 6 heteroatoms. The van der Waals surface area contributed by atoms with Crippen LogP contribution in [0.2, 0.25) is 0 Å². The molecule has 0 spiro atoms. The van der Waals surface area contributed by atoms with Gasteiger partial charge in [-0.05, 0) is 36.0 Å². The Bertz CT molecular complexity index is 656. The minimum absolute atomic E-state index is 0.0415. The number of rotatable bonds is 5. The van der Waals surface area contributed by atoms with Gasteiger partial charge >= 0.3 is 0 Å². The molecule has 0 aliphatic heterocycles. The average molecular weight is 380 g/mol. The molecule has 2 amide bonds. The standard InChI is InChI=1S/C21H30F2N2O2/c1-20(2,3)14-18(26)24-16-7-5-15(6-8-16)13-19(27)25(4)17-9-11-21(22,23)12-10-17/h5-8,17H,9-14H2,1-4H3,(H,24,26). The van der Waals surface area contributed by atoms with E-state index in [4.69, 9.17) is 0 Å². The molecule has 27 heavy (non-hydrogen) atoms. The van der Waals surface area contributed by atoms with Crippen LogP contribution in [-0.2, 0) is 16.0 Å². The Morgan fingerprint density at radius 3 is 2.22 bits per heavy atom. The summed E-state index contributed by atoms with van der Waals surface area (Å²) >= 11 is 0. The number of alkyl halides is 2. The highest BCUT2D eigenvalue weighted by molar-refractivity contribution is 5.91. The normalized spacial score (nSPS) is 17.4. The molecule has 1 fully saturated rings. The van der Waals surface area contributed by atoms with E-state index in [9.17, 15) is 18.4 Å². The quantitative estimate of drug-likeness (QED) is 0.809. The Kier molecular flexibility index (Phi) is 6.60. The van der Waals surface area contributed by atoms with Crippen LogP contribution in [0.15, 0.2) is 24.3 Å². The molecule has 1 aromatic carbocycles. The van der Waals surface area contributed by atoms with E-state index < -0.39 is 5.92 Å². The second-order valence-corrected chi connectivity index (χ2v) is 8.75. The molecule has 150 valence electrons. The number of halogens is 2. The van der Waals surface area contributed by atoms with Crippen molar-refractivity contribution in [3.63, 3.8) is 0 Å². The predicted octanol–water partition coefficient (Wildman–Crippen LogP) is 4.64. The Labute approximate surface area is 160 Å². The smallest absolute Gasteiger partial charge is 0.248 e. The second kappa shape index (κ2) is 8.36. The summed E-state index contributed by atoms with van der Waals surface area (Å²) in [6, 6.07) is 7.07. The Hall–Kier alpha value is -1.98. The maximum atomic E-state index is 13.3. The van der Waals surface area contributed by atoms with Gasteiger partial charge < -0.3 is 10.2 Å². The summed E-state index contributed by atoms with van der Waals surface area (Å²) in [7, 11) is 1.69. The molecule has 4 nitrogen and oxygen atoms in total. The minimum atomic E-state index is -2.59. The van der Waals surface area contributed by atoms with Crippen molar-refractivity contribution < 1.29 is 18.4 Å². The number of likely N-dealkylation sites (N-methyl/N-ethyl adjacent to an activating group) is 1. The monoisotopic (exact) mass is 380 g/mol. The van der Waals surface area contributed by atoms with E-state index in [1.165, 1.54) is 0 Å². The predicted molar refractivity (Wildman–Crippen MR) is 103 cm³/mol. The molecule has 0 atom stereocenters. The van der Waals surface area contributed by atoms with Crippen LogP contribution in [0.3, 0.4) is 0 Å². The number of hydrogen-bond acceptors (Lipinski definition) is 2. The zero-order valence-electron chi connectivity index (χ0n) is 16.6. The molecule has 1 aliphatic carbocycles. The summed E-state index contributed by atoms with van der Waals surface area (Å²) in [5.74, 6) is -2.71. The lowest BCUT2D eigenvalue weighted by Crippen LogP contribution is -2.42. The van der Waals surface area contributed by atoms with Crippen LogP contribution in [0.25, 0.3) is 0 Å². The van der Waals surface area contributed by atoms with E-state index >= 15 is 0 Å². The lowest BCUT2D eigenvalue weighted by molar-refractivity contribution is -0.134. The zero-order chi connectivity index (χ0) is 20.2. The molecule has 0 aromatic heterocycles. The van der Waals surface area contributed by atoms with Crippen molar-refractivity contribution in [1.82, 2.24) is 4.90 Å². The molecule has 0 radical (unpaired) electrons. The SMILES string of the molecule is CN(C(=O)Cc1ccc(NC(=O)CC(C)(C)C)cc1)C1CCC(F)(F)CC1. The van der Waals surface area contributed by atoms with Crippen molar-refractivity contribution >= 4 is 17.5 Å². The number of hydrogen-bond donors (Lipinski definition) is 1. The van der Waals surface area contributed by atoms with Gasteiger partial charge in [0, 0.05) is 38.0 Å². The van der Waals surface area contributed by atoms with Crippen molar-refractivity contribution in [3.05, 3.63) is 29.8 Å². The first-order chi connectivity index (χ1) is 12.5. The minimum Gasteiger partial charge on any atom is -0.342 e. The number of nitrogens with zero attached hydrogens (tertiary/aromatic N) is 1. The Morgan fingerprint density at radius 2 is 1.70 bits per heavy atom. The third-order valence-corrected chi connectivity index (χ3v) is 4.91. The highest BCUT2D eigenvalue weighted by Gasteiger charge is 2.37. The maximum absolute atomic E-state index is 13.3. The van der Waals surface area contributed by atoms with Gasteiger partial charge in [0.1, 0.15) is 0 Å². The first kappa shape index (κ1) is 21.3. The average Bonchev–Trinajstić information content (AvgIpc) is 2.54. The summed E-state index contributed by atoms with van der Waals surface area (Å²) in [5, 5.41) is 2.86. The number of benzene rings is 1. The van der Waals surface area contributed by atoms with Crippen molar-refractivity contribution in [2.75, 3.05) is 12.4 Å². The molecule has 1 N–H and O–H groups in total. The van der Waals surface area contributed by atoms with E-state index in [1.807, 2.05) is 32.9 Å². The topological polar surface area (TPSA) is 49.4 Å². The summed E-state index contributed by atoms with van der Waals surface area (Å²) < 4.78 is 26.5. The van der Waals surface area contributed by atoms with Gasteiger partial charge in [-0.1, -0.05) is 32.9 Å². The number of amides is 2. The van der Waals surface area contributed by atoms with E-state index in [0.717, 1.165) is 5.56 Å². The molecule has 1 aromatic rings. The van der Waals surface area contributed by atoms with E-state index in [2.05, 4.69) is 5.32 Å². The van der Waals surface area contributed by atoms with Gasteiger partial charge in [-0.15, -0.1) is 0 Å². The molecule has 1 saturated carbocycles. The molecule has 0 bridgehead atoms. The van der Waals surface area contributed by atoms with Gasteiger partial charge in [0.25, 0.3) is 0 Å². The first-order valence-electron chi connectivity index (χ1n) is 9.47. The van der Waals surface area contributed by atoms with E-state index in [1.54, 1.807) is 24.1 Å². The lowest BCUT2D eigenvalue weighted by atomic mass is 9.91. The Morgan fingerprint density at radius 1 is 1.15 bits per heavy atom. The number of carbonyl (C=O) groups excluding carboxylic acids is 2. The molecule has 1 aliphatic rings. The van der Waals surface area contributed by atoms with Gasteiger partial charge in [0.05, 0.1) is 6.42 Å². The molecule has 0 unspecified atom stereocenters. The molecular weight excluding hydrogens is 350 g/mol. The highest BCUT2D eigenvalue weighted by atomic mass is 19.3. The fourth-order valence-corrected chi connectivity index (χ4v) is 3.31. The van der Waals surface area contributed by atoms with E-state index in [-0.39, 0.29) is 42.5 Å². The van der Waals surface area contributed by atoms with Gasteiger partial charge in [-0.3, -0.25) is 9.59 Å². The summed E-state index contributed by atoms with van der Waals surface area (Å²) in [6.45, 7) is 6.02. The fourth-order valence-electron chi connectivity index (χ4n) is 3.31. The Balaban J connectivity index is 1.86. The van der Waals surface area contributed by atoms with Crippen LogP contribution in [0, 0.1) is 5.41 Å². The van der Waals surface area contributed by atoms with Gasteiger partial charge in [-0.25, -0.2) is 8.78 Å². The molecule has 2 rings (SSSR count). The molecule has 0 saturated heterocycles. The molecule has 0 heterocycles. The van der Waals surface area contributed by atoms with Crippen LogP contribution in [0.5, 0.6) is 0 Å². The second-order valence-electron chi connectivity index (χ2n) is 8.75. The first-order valence-corrected chi connectivity index (χ1v) is 9.47. The summed E-state index contributed by atoms with van der Waals surface area (Å²) in [6.07, 6.45) is 1.02. The number of nitrogens with one attached hydrogen (secondary N) is 1. The van der Waals surface area contributed by atoms with Crippen molar-refractivity contribution in [2.24, 2.45) is 5.41 Å². The third-order valence-electron chi connectivity index (χ3n) is 4.91. The fraction of sp³-hybridized carbons (Fsp3) is 0.619. The third kappa shape index (κ3) is 6.92.